The molecule has 0 bridgehead atoms. The van der Waals surface area contributed by atoms with E-state index < -0.39 is 11.9 Å². The Hall–Kier alpha value is -1.82. The van der Waals surface area contributed by atoms with Crippen LogP contribution in [0.15, 0.2) is 36.4 Å². The van der Waals surface area contributed by atoms with Crippen molar-refractivity contribution in [1.29, 1.82) is 0 Å². The Morgan fingerprint density at radius 3 is 2.24 bits per heavy atom. The Balaban J connectivity index is 2.43. The number of hydrogen-bond acceptors (Lipinski definition) is 4. The average molecular weight is 311 g/mol. The zero-order chi connectivity index (χ0) is 15.4. The summed E-state index contributed by atoms with van der Waals surface area (Å²) in [6, 6.07) is 9.56. The number of nitrogens with one attached hydrogen (secondary N) is 1. The largest absolute Gasteiger partial charge is 0.493 e. The molecule has 0 saturated carbocycles. The highest BCUT2D eigenvalue weighted by atomic mass is 35.5. The maximum absolute atomic E-state index is 13.6. The van der Waals surface area contributed by atoms with E-state index in [-0.39, 0.29) is 5.02 Å². The third kappa shape index (κ3) is 3.26. The maximum Gasteiger partial charge on any atom is 0.161 e. The molecule has 0 radical (unpaired) electrons. The molecule has 2 aromatic carbocycles. The van der Waals surface area contributed by atoms with Crippen LogP contribution in [0.4, 0.5) is 4.39 Å². The molecule has 0 aliphatic heterocycles. The number of halogens is 2. The highest BCUT2D eigenvalue weighted by Crippen LogP contribution is 2.32. The second-order valence-corrected chi connectivity index (χ2v) is 4.79. The fourth-order valence-corrected chi connectivity index (χ4v) is 2.23. The zero-order valence-electron chi connectivity index (χ0n) is 11.7. The Bertz CT molecular complexity index is 637. The number of ether oxygens (including phenoxy) is 2. The standard InChI is InChI=1S/C15H16ClFN2O2/c1-20-13-6-4-10(8-14(13)21-2)15(19-18)9-3-5-11(16)12(17)7-9/h3-8,15,19H,18H2,1-2H3. The highest BCUT2D eigenvalue weighted by Gasteiger charge is 2.16. The Kier molecular flexibility index (Phi) is 5.01. The van der Waals surface area contributed by atoms with Crippen molar-refractivity contribution in [2.24, 2.45) is 5.84 Å². The minimum absolute atomic E-state index is 0.0711. The topological polar surface area (TPSA) is 56.5 Å². The van der Waals surface area contributed by atoms with Crippen LogP contribution in [0.1, 0.15) is 17.2 Å². The smallest absolute Gasteiger partial charge is 0.161 e. The average Bonchev–Trinajstić information content (AvgIpc) is 2.51. The zero-order valence-corrected chi connectivity index (χ0v) is 12.4. The van der Waals surface area contributed by atoms with Gasteiger partial charge >= 0.3 is 0 Å². The number of hydrogen-bond donors (Lipinski definition) is 2. The van der Waals surface area contributed by atoms with E-state index in [1.165, 1.54) is 12.1 Å². The number of hydrazine groups is 1. The summed E-state index contributed by atoms with van der Waals surface area (Å²) in [6.45, 7) is 0. The van der Waals surface area contributed by atoms with Crippen molar-refractivity contribution in [3.05, 3.63) is 58.4 Å². The first-order valence-electron chi connectivity index (χ1n) is 6.23. The van der Waals surface area contributed by atoms with E-state index in [0.29, 0.717) is 17.1 Å². The van der Waals surface area contributed by atoms with Crippen LogP contribution in [0.2, 0.25) is 5.02 Å². The Morgan fingerprint density at radius 2 is 1.67 bits per heavy atom. The van der Waals surface area contributed by atoms with E-state index in [0.717, 1.165) is 5.56 Å². The minimum atomic E-state index is -0.491. The summed E-state index contributed by atoms with van der Waals surface area (Å²) in [5.74, 6) is 6.30. The molecule has 0 heterocycles. The maximum atomic E-state index is 13.6. The second kappa shape index (κ2) is 6.76. The lowest BCUT2D eigenvalue weighted by Gasteiger charge is -2.19. The van der Waals surface area contributed by atoms with Gasteiger partial charge in [-0.25, -0.2) is 9.82 Å². The molecule has 112 valence electrons. The van der Waals surface area contributed by atoms with Gasteiger partial charge in [0.15, 0.2) is 11.5 Å². The van der Waals surface area contributed by atoms with Crippen LogP contribution in [-0.2, 0) is 0 Å². The summed E-state index contributed by atoms with van der Waals surface area (Å²) in [4.78, 5) is 0. The first-order valence-corrected chi connectivity index (χ1v) is 6.61. The summed E-state index contributed by atoms with van der Waals surface area (Å²) in [5, 5.41) is 0.0711. The molecule has 3 N–H and O–H groups in total. The van der Waals surface area contributed by atoms with E-state index in [4.69, 9.17) is 26.9 Å². The fourth-order valence-electron chi connectivity index (χ4n) is 2.11. The van der Waals surface area contributed by atoms with Crippen molar-refractivity contribution in [2.75, 3.05) is 14.2 Å². The van der Waals surface area contributed by atoms with Crippen LogP contribution in [0.25, 0.3) is 0 Å². The predicted octanol–water partition coefficient (Wildman–Crippen LogP) is 3.05. The second-order valence-electron chi connectivity index (χ2n) is 4.39. The molecule has 0 spiro atoms. The molecule has 4 nitrogen and oxygen atoms in total. The molecule has 0 fully saturated rings. The SMILES string of the molecule is COc1ccc(C(NN)c2ccc(Cl)c(F)c2)cc1OC. The molecule has 2 aromatic rings. The molecule has 0 amide bonds. The van der Waals surface area contributed by atoms with Crippen LogP contribution in [0.3, 0.4) is 0 Å². The molecule has 0 aromatic heterocycles. The van der Waals surface area contributed by atoms with Crippen molar-refractivity contribution < 1.29 is 13.9 Å². The van der Waals surface area contributed by atoms with Crippen LogP contribution in [-0.4, -0.2) is 14.2 Å². The molecular weight excluding hydrogens is 295 g/mol. The minimum Gasteiger partial charge on any atom is -0.493 e. The van der Waals surface area contributed by atoms with Crippen LogP contribution < -0.4 is 20.7 Å². The number of nitrogens with two attached hydrogens (primary N) is 1. The van der Waals surface area contributed by atoms with Crippen LogP contribution >= 0.6 is 11.6 Å². The molecule has 0 aliphatic rings. The first-order chi connectivity index (χ1) is 10.1. The predicted molar refractivity (Wildman–Crippen MR) is 80.1 cm³/mol. The Labute approximate surface area is 127 Å². The van der Waals surface area contributed by atoms with E-state index in [1.54, 1.807) is 32.4 Å². The third-order valence-corrected chi connectivity index (χ3v) is 3.49. The summed E-state index contributed by atoms with van der Waals surface area (Å²) in [5.41, 5.74) is 4.14. The molecule has 2 rings (SSSR count). The lowest BCUT2D eigenvalue weighted by atomic mass is 9.99. The van der Waals surface area contributed by atoms with E-state index in [9.17, 15) is 4.39 Å². The summed E-state index contributed by atoms with van der Waals surface area (Å²) in [7, 11) is 3.11. The van der Waals surface area contributed by atoms with E-state index >= 15 is 0 Å². The molecule has 0 aliphatic carbocycles. The Morgan fingerprint density at radius 1 is 1.05 bits per heavy atom. The third-order valence-electron chi connectivity index (χ3n) is 3.18. The van der Waals surface area contributed by atoms with Crippen molar-refractivity contribution in [3.63, 3.8) is 0 Å². The number of rotatable bonds is 5. The molecule has 0 saturated heterocycles. The van der Waals surface area contributed by atoms with Crippen molar-refractivity contribution in [1.82, 2.24) is 5.43 Å². The van der Waals surface area contributed by atoms with Crippen molar-refractivity contribution in [3.8, 4) is 11.5 Å². The summed E-state index contributed by atoms with van der Waals surface area (Å²) in [6.07, 6.45) is 0. The van der Waals surface area contributed by atoms with Gasteiger partial charge in [-0.2, -0.15) is 0 Å². The van der Waals surface area contributed by atoms with Gasteiger partial charge in [0.25, 0.3) is 0 Å². The normalized spacial score (nSPS) is 12.0. The number of methoxy groups -OCH3 is 2. The van der Waals surface area contributed by atoms with Gasteiger partial charge in [-0.1, -0.05) is 23.7 Å². The van der Waals surface area contributed by atoms with Crippen LogP contribution in [0, 0.1) is 5.82 Å². The highest BCUT2D eigenvalue weighted by molar-refractivity contribution is 6.30. The summed E-state index contributed by atoms with van der Waals surface area (Å²) >= 11 is 5.70. The van der Waals surface area contributed by atoms with Gasteiger partial charge in [0.2, 0.25) is 0 Å². The van der Waals surface area contributed by atoms with Gasteiger partial charge in [0.05, 0.1) is 25.3 Å². The van der Waals surface area contributed by atoms with Gasteiger partial charge in [-0.05, 0) is 35.4 Å². The first kappa shape index (κ1) is 15.6. The molecule has 21 heavy (non-hydrogen) atoms. The van der Waals surface area contributed by atoms with E-state index in [2.05, 4.69) is 5.43 Å². The van der Waals surface area contributed by atoms with Gasteiger partial charge in [0.1, 0.15) is 5.82 Å². The molecule has 1 unspecified atom stereocenters. The molecular formula is C15H16ClFN2O2. The van der Waals surface area contributed by atoms with Crippen molar-refractivity contribution >= 4 is 11.6 Å². The van der Waals surface area contributed by atoms with Gasteiger partial charge in [-0.3, -0.25) is 5.84 Å². The van der Waals surface area contributed by atoms with E-state index in [1.807, 2.05) is 6.07 Å². The van der Waals surface area contributed by atoms with Gasteiger partial charge in [0, 0.05) is 0 Å². The lowest BCUT2D eigenvalue weighted by molar-refractivity contribution is 0.354. The van der Waals surface area contributed by atoms with Gasteiger partial charge < -0.3 is 9.47 Å². The van der Waals surface area contributed by atoms with Crippen molar-refractivity contribution in [2.45, 2.75) is 6.04 Å². The fraction of sp³-hybridized carbons (Fsp3) is 0.200. The quantitative estimate of drug-likeness (QED) is 0.658. The number of benzene rings is 2. The summed E-state index contributed by atoms with van der Waals surface area (Å²) < 4.78 is 24.1. The molecule has 1 atom stereocenters. The van der Waals surface area contributed by atoms with Gasteiger partial charge in [-0.15, -0.1) is 0 Å². The lowest BCUT2D eigenvalue weighted by Crippen LogP contribution is -2.29. The monoisotopic (exact) mass is 310 g/mol. The van der Waals surface area contributed by atoms with Crippen LogP contribution in [0.5, 0.6) is 11.5 Å². The molecule has 6 heteroatoms.